The van der Waals surface area contributed by atoms with Crippen molar-refractivity contribution in [3.63, 3.8) is 0 Å². The summed E-state index contributed by atoms with van der Waals surface area (Å²) in [6.45, 7) is 0.649. The van der Waals surface area contributed by atoms with Gasteiger partial charge in [-0.05, 0) is 44.2 Å². The van der Waals surface area contributed by atoms with Gasteiger partial charge in [-0.1, -0.05) is 6.07 Å². The second kappa shape index (κ2) is 5.29. The number of hydrogen-bond donors (Lipinski definition) is 1. The van der Waals surface area contributed by atoms with Crippen LogP contribution in [-0.2, 0) is 11.3 Å². The first kappa shape index (κ1) is 12.6. The zero-order chi connectivity index (χ0) is 13.2. The van der Waals surface area contributed by atoms with Gasteiger partial charge >= 0.3 is 0 Å². The third-order valence-electron chi connectivity index (χ3n) is 4.15. The molecule has 0 radical (unpaired) electrons. The summed E-state index contributed by atoms with van der Waals surface area (Å²) in [6.07, 6.45) is 6.85. The third kappa shape index (κ3) is 2.95. The number of carbonyl (C=O) groups is 1. The Balaban J connectivity index is 1.69. The van der Waals surface area contributed by atoms with Crippen molar-refractivity contribution in [2.75, 3.05) is 0 Å². The van der Waals surface area contributed by atoms with E-state index in [9.17, 15) is 4.79 Å². The van der Waals surface area contributed by atoms with Crippen LogP contribution in [0.3, 0.4) is 0 Å². The predicted octanol–water partition coefficient (Wildman–Crippen LogP) is 1.70. The molecule has 102 valence electrons. The van der Waals surface area contributed by atoms with E-state index in [1.165, 1.54) is 0 Å². The first-order valence-electron chi connectivity index (χ1n) is 7.20. The summed E-state index contributed by atoms with van der Waals surface area (Å²) >= 11 is 0. The quantitative estimate of drug-likeness (QED) is 0.895. The normalized spacial score (nSPS) is 26.4. The van der Waals surface area contributed by atoms with E-state index in [1.54, 1.807) is 6.20 Å². The summed E-state index contributed by atoms with van der Waals surface area (Å²) in [4.78, 5) is 19.0. The van der Waals surface area contributed by atoms with Crippen LogP contribution in [0.5, 0.6) is 0 Å². The molecule has 2 atom stereocenters. The van der Waals surface area contributed by atoms with Crippen molar-refractivity contribution in [3.05, 3.63) is 30.1 Å². The molecule has 0 saturated heterocycles. The maximum Gasteiger partial charge on any atom is 0.226 e. The minimum Gasteiger partial charge on any atom is -0.334 e. The fourth-order valence-corrected chi connectivity index (χ4v) is 2.91. The summed E-state index contributed by atoms with van der Waals surface area (Å²) in [6, 6.07) is 6.52. The second-order valence-electron chi connectivity index (χ2n) is 5.79. The Morgan fingerprint density at radius 1 is 1.32 bits per heavy atom. The molecule has 0 spiro atoms. The highest BCUT2D eigenvalue weighted by Gasteiger charge is 2.38. The lowest BCUT2D eigenvalue weighted by atomic mass is 10.1. The van der Waals surface area contributed by atoms with Gasteiger partial charge in [0.25, 0.3) is 0 Å². The molecule has 1 heterocycles. The average molecular weight is 259 g/mol. The van der Waals surface area contributed by atoms with Crippen LogP contribution in [0, 0.1) is 5.92 Å². The number of nitrogens with zero attached hydrogens (tertiary/aromatic N) is 2. The lowest BCUT2D eigenvalue weighted by Crippen LogP contribution is -2.37. The minimum atomic E-state index is 0.138. The zero-order valence-corrected chi connectivity index (χ0v) is 11.2. The molecule has 4 heteroatoms. The molecule has 19 heavy (non-hydrogen) atoms. The van der Waals surface area contributed by atoms with Gasteiger partial charge in [0.2, 0.25) is 5.91 Å². The molecule has 4 nitrogen and oxygen atoms in total. The summed E-state index contributed by atoms with van der Waals surface area (Å²) in [5.74, 6) is 0.431. The smallest absolute Gasteiger partial charge is 0.226 e. The van der Waals surface area contributed by atoms with Crippen molar-refractivity contribution in [2.45, 2.75) is 50.7 Å². The molecule has 2 unspecified atom stereocenters. The van der Waals surface area contributed by atoms with Crippen molar-refractivity contribution < 1.29 is 4.79 Å². The molecule has 2 aliphatic rings. The van der Waals surface area contributed by atoms with E-state index in [-0.39, 0.29) is 12.0 Å². The van der Waals surface area contributed by atoms with Gasteiger partial charge in [0.05, 0.1) is 12.2 Å². The van der Waals surface area contributed by atoms with Crippen LogP contribution in [0.25, 0.3) is 0 Å². The summed E-state index contributed by atoms with van der Waals surface area (Å²) in [5, 5.41) is 0. The maximum absolute atomic E-state index is 12.6. The molecule has 1 amide bonds. The fraction of sp³-hybridized carbons (Fsp3) is 0.600. The van der Waals surface area contributed by atoms with Gasteiger partial charge in [-0.3, -0.25) is 9.78 Å². The topological polar surface area (TPSA) is 59.2 Å². The Morgan fingerprint density at radius 2 is 2.16 bits per heavy atom. The molecule has 1 aromatic rings. The molecule has 2 fully saturated rings. The van der Waals surface area contributed by atoms with Crippen molar-refractivity contribution in [3.8, 4) is 0 Å². The SMILES string of the molecule is NC1CCC(C(=O)N(Cc2ccccn2)C2CC2)C1. The van der Waals surface area contributed by atoms with Gasteiger partial charge < -0.3 is 10.6 Å². The fourth-order valence-electron chi connectivity index (χ4n) is 2.91. The molecule has 1 aromatic heterocycles. The van der Waals surface area contributed by atoms with E-state index in [2.05, 4.69) is 4.98 Å². The number of pyridine rings is 1. The van der Waals surface area contributed by atoms with Crippen LogP contribution in [0.2, 0.25) is 0 Å². The molecule has 0 aliphatic heterocycles. The number of nitrogens with two attached hydrogens (primary N) is 1. The van der Waals surface area contributed by atoms with Crippen LogP contribution in [0.15, 0.2) is 24.4 Å². The largest absolute Gasteiger partial charge is 0.334 e. The van der Waals surface area contributed by atoms with Crippen molar-refractivity contribution in [1.29, 1.82) is 0 Å². The van der Waals surface area contributed by atoms with Crippen LogP contribution in [0.1, 0.15) is 37.8 Å². The first-order chi connectivity index (χ1) is 9.24. The van der Waals surface area contributed by atoms with Gasteiger partial charge in [-0.2, -0.15) is 0 Å². The number of hydrogen-bond acceptors (Lipinski definition) is 3. The number of amides is 1. The number of rotatable bonds is 4. The molecule has 3 rings (SSSR count). The van der Waals surface area contributed by atoms with Gasteiger partial charge in [-0.15, -0.1) is 0 Å². The van der Waals surface area contributed by atoms with E-state index in [4.69, 9.17) is 5.73 Å². The molecular formula is C15H21N3O. The van der Waals surface area contributed by atoms with Crippen molar-refractivity contribution in [2.24, 2.45) is 11.7 Å². The maximum atomic E-state index is 12.6. The summed E-state index contributed by atoms with van der Waals surface area (Å²) in [5.41, 5.74) is 6.90. The van der Waals surface area contributed by atoms with E-state index < -0.39 is 0 Å². The highest BCUT2D eigenvalue weighted by Crippen LogP contribution is 2.33. The standard InChI is InChI=1S/C15H21N3O/c16-12-5-4-11(9-12)15(19)18(14-6-7-14)10-13-3-1-2-8-17-13/h1-3,8,11-12,14H,4-7,9-10,16H2. The van der Waals surface area contributed by atoms with Gasteiger partial charge in [0.15, 0.2) is 0 Å². The van der Waals surface area contributed by atoms with Crippen LogP contribution in [-0.4, -0.2) is 27.9 Å². The van der Waals surface area contributed by atoms with E-state index >= 15 is 0 Å². The van der Waals surface area contributed by atoms with Gasteiger partial charge in [0, 0.05) is 24.2 Å². The summed E-state index contributed by atoms with van der Waals surface area (Å²) < 4.78 is 0. The Labute approximate surface area is 114 Å². The monoisotopic (exact) mass is 259 g/mol. The predicted molar refractivity (Wildman–Crippen MR) is 73.1 cm³/mol. The Bertz CT molecular complexity index is 444. The van der Waals surface area contributed by atoms with Crippen LogP contribution >= 0.6 is 0 Å². The average Bonchev–Trinajstić information content (AvgIpc) is 3.18. The lowest BCUT2D eigenvalue weighted by Gasteiger charge is -2.25. The molecule has 2 saturated carbocycles. The molecule has 2 N–H and O–H groups in total. The second-order valence-corrected chi connectivity index (χ2v) is 5.79. The highest BCUT2D eigenvalue weighted by atomic mass is 16.2. The molecule has 2 aliphatic carbocycles. The van der Waals surface area contributed by atoms with Gasteiger partial charge in [0.1, 0.15) is 0 Å². The Morgan fingerprint density at radius 3 is 2.74 bits per heavy atom. The van der Waals surface area contributed by atoms with Gasteiger partial charge in [-0.25, -0.2) is 0 Å². The van der Waals surface area contributed by atoms with Crippen molar-refractivity contribution in [1.82, 2.24) is 9.88 Å². The molecule has 0 aromatic carbocycles. The number of carbonyl (C=O) groups excluding carboxylic acids is 1. The van der Waals surface area contributed by atoms with Crippen LogP contribution < -0.4 is 5.73 Å². The first-order valence-corrected chi connectivity index (χ1v) is 7.20. The molecule has 0 bridgehead atoms. The zero-order valence-electron chi connectivity index (χ0n) is 11.2. The lowest BCUT2D eigenvalue weighted by molar-refractivity contribution is -0.136. The third-order valence-corrected chi connectivity index (χ3v) is 4.15. The van der Waals surface area contributed by atoms with E-state index in [0.29, 0.717) is 18.5 Å². The Hall–Kier alpha value is -1.42. The Kier molecular flexibility index (Phi) is 3.51. The van der Waals surface area contributed by atoms with Crippen LogP contribution in [0.4, 0.5) is 0 Å². The number of aromatic nitrogens is 1. The van der Waals surface area contributed by atoms with E-state index in [0.717, 1.165) is 37.8 Å². The van der Waals surface area contributed by atoms with Crippen molar-refractivity contribution >= 4 is 5.91 Å². The minimum absolute atomic E-state index is 0.138. The molecular weight excluding hydrogens is 238 g/mol. The highest BCUT2D eigenvalue weighted by molar-refractivity contribution is 5.79. The van der Waals surface area contributed by atoms with E-state index in [1.807, 2.05) is 23.1 Å². The summed E-state index contributed by atoms with van der Waals surface area (Å²) in [7, 11) is 0.